The monoisotopic (exact) mass is 274 g/mol. The highest BCUT2D eigenvalue weighted by molar-refractivity contribution is 5.85. The van der Waals surface area contributed by atoms with Crippen LogP contribution in [0.5, 0.6) is 0 Å². The number of aliphatic carboxylic acids is 1. The molecule has 0 aliphatic carbocycles. The van der Waals surface area contributed by atoms with E-state index in [9.17, 15) is 14.7 Å². The molecule has 19 heavy (non-hydrogen) atoms. The summed E-state index contributed by atoms with van der Waals surface area (Å²) in [6.45, 7) is 9.27. The molecule has 0 aromatic rings. The summed E-state index contributed by atoms with van der Waals surface area (Å²) in [5, 5.41) is 18.1. The lowest BCUT2D eigenvalue weighted by Crippen LogP contribution is -2.58. The summed E-state index contributed by atoms with van der Waals surface area (Å²) in [5.74, 6) is -1.03. The van der Waals surface area contributed by atoms with E-state index in [1.165, 1.54) is 18.7 Å². The Kier molecular flexibility index (Phi) is 6.83. The van der Waals surface area contributed by atoms with E-state index in [0.29, 0.717) is 19.5 Å². The molecule has 0 aliphatic heterocycles. The maximum absolute atomic E-state index is 12.5. The predicted octanol–water partition coefficient (Wildman–Crippen LogP) is 1.38. The van der Waals surface area contributed by atoms with Crippen molar-refractivity contribution in [3.05, 3.63) is 0 Å². The number of nitrogens with zero attached hydrogens (tertiary/aromatic N) is 2. The molecule has 2 N–H and O–H groups in total. The molecule has 0 unspecified atom stereocenters. The van der Waals surface area contributed by atoms with Gasteiger partial charge in [-0.1, -0.05) is 0 Å². The SMILES string of the molecule is CCN(C(=O)N(CCCO)C(C)C)C(C)(C)C(=O)O. The molecule has 0 heterocycles. The number of likely N-dealkylation sites (N-methyl/N-ethyl adjacent to an activating group) is 1. The van der Waals surface area contributed by atoms with Crippen molar-refractivity contribution in [2.24, 2.45) is 0 Å². The molecule has 0 atom stereocenters. The summed E-state index contributed by atoms with van der Waals surface area (Å²) in [7, 11) is 0. The van der Waals surface area contributed by atoms with E-state index >= 15 is 0 Å². The highest BCUT2D eigenvalue weighted by atomic mass is 16.4. The second-order valence-electron chi connectivity index (χ2n) is 5.26. The van der Waals surface area contributed by atoms with Gasteiger partial charge in [-0.05, 0) is 41.0 Å². The smallest absolute Gasteiger partial charge is 0.329 e. The lowest BCUT2D eigenvalue weighted by Gasteiger charge is -2.39. The molecule has 6 nitrogen and oxygen atoms in total. The van der Waals surface area contributed by atoms with Gasteiger partial charge in [0.15, 0.2) is 0 Å². The van der Waals surface area contributed by atoms with Gasteiger partial charge in [0.25, 0.3) is 0 Å². The molecule has 0 aliphatic rings. The molecule has 0 radical (unpaired) electrons. The Morgan fingerprint density at radius 2 is 1.79 bits per heavy atom. The van der Waals surface area contributed by atoms with E-state index in [1.54, 1.807) is 11.8 Å². The predicted molar refractivity (Wildman–Crippen MR) is 73.0 cm³/mol. The van der Waals surface area contributed by atoms with Crippen LogP contribution in [-0.4, -0.2) is 63.3 Å². The number of hydrogen-bond donors (Lipinski definition) is 2. The van der Waals surface area contributed by atoms with Crippen molar-refractivity contribution < 1.29 is 19.8 Å². The number of urea groups is 1. The topological polar surface area (TPSA) is 81.1 Å². The number of aliphatic hydroxyl groups is 1. The maximum atomic E-state index is 12.5. The van der Waals surface area contributed by atoms with Crippen LogP contribution in [0.4, 0.5) is 4.79 Å². The van der Waals surface area contributed by atoms with Gasteiger partial charge in [-0.2, -0.15) is 0 Å². The zero-order chi connectivity index (χ0) is 15.2. The van der Waals surface area contributed by atoms with Gasteiger partial charge in [0.1, 0.15) is 5.54 Å². The zero-order valence-corrected chi connectivity index (χ0v) is 12.5. The highest BCUT2D eigenvalue weighted by Gasteiger charge is 2.39. The molecule has 6 heteroatoms. The van der Waals surface area contributed by atoms with Gasteiger partial charge in [-0.25, -0.2) is 9.59 Å². The van der Waals surface area contributed by atoms with E-state index in [0.717, 1.165) is 0 Å². The summed E-state index contributed by atoms with van der Waals surface area (Å²) in [5.41, 5.74) is -1.25. The molecule has 0 rings (SSSR count). The minimum absolute atomic E-state index is 0.00491. The van der Waals surface area contributed by atoms with Crippen molar-refractivity contribution in [3.8, 4) is 0 Å². The second kappa shape index (κ2) is 7.33. The first-order valence-corrected chi connectivity index (χ1v) is 6.62. The number of carbonyl (C=O) groups excluding carboxylic acids is 1. The molecule has 0 saturated heterocycles. The van der Waals surface area contributed by atoms with Gasteiger partial charge in [0.2, 0.25) is 0 Å². The third-order valence-electron chi connectivity index (χ3n) is 3.17. The van der Waals surface area contributed by atoms with Crippen LogP contribution in [-0.2, 0) is 4.79 Å². The van der Waals surface area contributed by atoms with Gasteiger partial charge >= 0.3 is 12.0 Å². The first kappa shape index (κ1) is 17.7. The Bertz CT molecular complexity index is 316. The van der Waals surface area contributed by atoms with Crippen molar-refractivity contribution in [2.45, 2.75) is 52.6 Å². The number of carboxylic acid groups (broad SMARTS) is 1. The fourth-order valence-electron chi connectivity index (χ4n) is 1.86. The molecule has 0 aromatic carbocycles. The van der Waals surface area contributed by atoms with E-state index in [-0.39, 0.29) is 18.7 Å². The fourth-order valence-corrected chi connectivity index (χ4v) is 1.86. The van der Waals surface area contributed by atoms with Crippen LogP contribution >= 0.6 is 0 Å². The Labute approximate surface area is 115 Å². The van der Waals surface area contributed by atoms with Crippen LogP contribution in [0.2, 0.25) is 0 Å². The molecule has 0 aromatic heterocycles. The number of aliphatic hydroxyl groups excluding tert-OH is 1. The Morgan fingerprint density at radius 3 is 2.11 bits per heavy atom. The maximum Gasteiger partial charge on any atom is 0.329 e. The standard InChI is InChI=1S/C13H26N2O4/c1-6-15(13(4,5)11(17)18)12(19)14(10(2)3)8-7-9-16/h10,16H,6-9H2,1-5H3,(H,17,18). The normalized spacial score (nSPS) is 11.5. The first-order valence-electron chi connectivity index (χ1n) is 6.62. The van der Waals surface area contributed by atoms with Crippen LogP contribution in [0.15, 0.2) is 0 Å². The summed E-state index contributed by atoms with van der Waals surface area (Å²) >= 11 is 0. The van der Waals surface area contributed by atoms with Crippen molar-refractivity contribution >= 4 is 12.0 Å². The van der Waals surface area contributed by atoms with E-state index < -0.39 is 11.5 Å². The lowest BCUT2D eigenvalue weighted by atomic mass is 10.0. The van der Waals surface area contributed by atoms with Crippen LogP contribution < -0.4 is 0 Å². The van der Waals surface area contributed by atoms with Crippen LogP contribution in [0.3, 0.4) is 0 Å². The Morgan fingerprint density at radius 1 is 1.26 bits per heavy atom. The highest BCUT2D eigenvalue weighted by Crippen LogP contribution is 2.18. The summed E-state index contributed by atoms with van der Waals surface area (Å²) in [6, 6.07) is -0.351. The molecule has 0 fully saturated rings. The molecule has 2 amide bonds. The van der Waals surface area contributed by atoms with Crippen molar-refractivity contribution in [1.29, 1.82) is 0 Å². The largest absolute Gasteiger partial charge is 0.480 e. The Hall–Kier alpha value is -1.30. The molecular formula is C13H26N2O4. The number of rotatable bonds is 7. The van der Waals surface area contributed by atoms with Gasteiger partial charge in [0, 0.05) is 25.7 Å². The number of carboxylic acids is 1. The average Bonchev–Trinajstić information content (AvgIpc) is 2.29. The summed E-state index contributed by atoms with van der Waals surface area (Å²) < 4.78 is 0. The summed E-state index contributed by atoms with van der Waals surface area (Å²) in [4.78, 5) is 26.7. The third kappa shape index (κ3) is 4.38. The number of hydrogen-bond acceptors (Lipinski definition) is 3. The van der Waals surface area contributed by atoms with Crippen molar-refractivity contribution in [3.63, 3.8) is 0 Å². The van der Waals surface area contributed by atoms with E-state index in [4.69, 9.17) is 5.11 Å². The summed E-state index contributed by atoms with van der Waals surface area (Å²) in [6.07, 6.45) is 0.481. The lowest BCUT2D eigenvalue weighted by molar-refractivity contribution is -0.147. The Balaban J connectivity index is 5.13. The molecule has 0 spiro atoms. The first-order chi connectivity index (χ1) is 8.69. The van der Waals surface area contributed by atoms with Gasteiger partial charge < -0.3 is 20.0 Å². The fraction of sp³-hybridized carbons (Fsp3) is 0.846. The van der Waals surface area contributed by atoms with Gasteiger partial charge in [0.05, 0.1) is 0 Å². The molecular weight excluding hydrogens is 248 g/mol. The quantitative estimate of drug-likeness (QED) is 0.735. The van der Waals surface area contributed by atoms with E-state index in [2.05, 4.69) is 0 Å². The van der Waals surface area contributed by atoms with Crippen LogP contribution in [0, 0.1) is 0 Å². The van der Waals surface area contributed by atoms with E-state index in [1.807, 2.05) is 13.8 Å². The van der Waals surface area contributed by atoms with Crippen LogP contribution in [0.1, 0.15) is 41.0 Å². The number of carbonyl (C=O) groups is 2. The van der Waals surface area contributed by atoms with Crippen LogP contribution in [0.25, 0.3) is 0 Å². The van der Waals surface area contributed by atoms with Gasteiger partial charge in [-0.3, -0.25) is 0 Å². The second-order valence-corrected chi connectivity index (χ2v) is 5.26. The molecule has 112 valence electrons. The molecule has 0 saturated carbocycles. The minimum atomic E-state index is -1.25. The minimum Gasteiger partial charge on any atom is -0.480 e. The zero-order valence-electron chi connectivity index (χ0n) is 12.5. The third-order valence-corrected chi connectivity index (χ3v) is 3.17. The van der Waals surface area contributed by atoms with Crippen molar-refractivity contribution in [1.82, 2.24) is 9.80 Å². The average molecular weight is 274 g/mol. The van der Waals surface area contributed by atoms with Crippen molar-refractivity contribution in [2.75, 3.05) is 19.7 Å². The molecule has 0 bridgehead atoms. The number of amides is 2. The van der Waals surface area contributed by atoms with Gasteiger partial charge in [-0.15, -0.1) is 0 Å².